The number of rotatable bonds is 5. The molecule has 7 heteroatoms. The van der Waals surface area contributed by atoms with Crippen molar-refractivity contribution < 1.29 is 14.3 Å². The van der Waals surface area contributed by atoms with Gasteiger partial charge in [-0.2, -0.15) is 0 Å². The summed E-state index contributed by atoms with van der Waals surface area (Å²) in [6.45, 7) is 2.30. The Morgan fingerprint density at radius 3 is 2.32 bits per heavy atom. The number of carbonyl (C=O) groups is 1. The maximum absolute atomic E-state index is 12.1. The van der Waals surface area contributed by atoms with Crippen molar-refractivity contribution in [3.63, 3.8) is 0 Å². The third-order valence-electron chi connectivity index (χ3n) is 3.53. The number of methoxy groups -OCH3 is 2. The van der Waals surface area contributed by atoms with Gasteiger partial charge in [-0.15, -0.1) is 0 Å². The number of nitrogens with one attached hydrogen (secondary N) is 2. The molecule has 25 heavy (non-hydrogen) atoms. The normalized spacial score (nSPS) is 10.1. The maximum atomic E-state index is 12.1. The summed E-state index contributed by atoms with van der Waals surface area (Å²) in [6.07, 6.45) is 0. The molecule has 2 rings (SSSR count). The fourth-order valence-corrected chi connectivity index (χ4v) is 2.52. The Hall–Kier alpha value is -2.31. The molecular formula is C18H19ClN2O3S. The van der Waals surface area contributed by atoms with Crippen LogP contribution in [0.3, 0.4) is 0 Å². The summed E-state index contributed by atoms with van der Waals surface area (Å²) in [5.41, 5.74) is 2.39. The Morgan fingerprint density at radius 2 is 1.72 bits per heavy atom. The van der Waals surface area contributed by atoms with Crippen molar-refractivity contribution in [2.75, 3.05) is 14.2 Å². The maximum Gasteiger partial charge on any atom is 0.257 e. The number of carbonyl (C=O) groups excluding carboxylic acids is 1. The van der Waals surface area contributed by atoms with Crippen molar-refractivity contribution in [1.29, 1.82) is 0 Å². The SMILES string of the molecule is COc1cc(Cl)c(CNC(=S)NC(=O)c2ccc(C)cc2)cc1OC. The second-order valence-electron chi connectivity index (χ2n) is 5.30. The number of amides is 1. The zero-order chi connectivity index (χ0) is 18.4. The predicted molar refractivity (Wildman–Crippen MR) is 103 cm³/mol. The van der Waals surface area contributed by atoms with Crippen molar-refractivity contribution in [2.24, 2.45) is 0 Å². The van der Waals surface area contributed by atoms with Crippen molar-refractivity contribution in [2.45, 2.75) is 13.5 Å². The molecule has 0 aliphatic rings. The van der Waals surface area contributed by atoms with Crippen LogP contribution in [0.25, 0.3) is 0 Å². The first-order valence-electron chi connectivity index (χ1n) is 7.51. The zero-order valence-corrected chi connectivity index (χ0v) is 15.8. The highest BCUT2D eigenvalue weighted by molar-refractivity contribution is 7.80. The number of hydrogen-bond donors (Lipinski definition) is 2. The number of halogens is 1. The van der Waals surface area contributed by atoms with Gasteiger partial charge in [-0.05, 0) is 42.9 Å². The number of thiocarbonyl (C=S) groups is 1. The molecule has 5 nitrogen and oxygen atoms in total. The lowest BCUT2D eigenvalue weighted by Crippen LogP contribution is -2.38. The van der Waals surface area contributed by atoms with Gasteiger partial charge in [-0.25, -0.2) is 0 Å². The van der Waals surface area contributed by atoms with E-state index in [-0.39, 0.29) is 11.0 Å². The highest BCUT2D eigenvalue weighted by Gasteiger charge is 2.11. The molecule has 2 aromatic carbocycles. The molecule has 0 atom stereocenters. The monoisotopic (exact) mass is 378 g/mol. The average Bonchev–Trinajstić information content (AvgIpc) is 2.60. The van der Waals surface area contributed by atoms with Crippen molar-refractivity contribution in [1.82, 2.24) is 10.6 Å². The second-order valence-corrected chi connectivity index (χ2v) is 6.12. The van der Waals surface area contributed by atoms with Crippen LogP contribution < -0.4 is 20.1 Å². The molecular weight excluding hydrogens is 360 g/mol. The lowest BCUT2D eigenvalue weighted by atomic mass is 10.1. The first-order chi connectivity index (χ1) is 11.9. The summed E-state index contributed by atoms with van der Waals surface area (Å²) in [7, 11) is 3.09. The quantitative estimate of drug-likeness (QED) is 0.780. The molecule has 0 aliphatic carbocycles. The van der Waals surface area contributed by atoms with Gasteiger partial charge >= 0.3 is 0 Å². The van der Waals surface area contributed by atoms with Gasteiger partial charge in [0.15, 0.2) is 16.6 Å². The molecule has 132 valence electrons. The minimum atomic E-state index is -0.268. The number of benzene rings is 2. The summed E-state index contributed by atoms with van der Waals surface area (Å²) in [5.74, 6) is 0.848. The number of hydrogen-bond acceptors (Lipinski definition) is 4. The van der Waals surface area contributed by atoms with E-state index in [1.807, 2.05) is 19.1 Å². The van der Waals surface area contributed by atoms with Crippen LogP contribution in [0.5, 0.6) is 11.5 Å². The van der Waals surface area contributed by atoms with Crippen LogP contribution in [-0.4, -0.2) is 25.2 Å². The smallest absolute Gasteiger partial charge is 0.257 e. The molecule has 1 amide bonds. The highest BCUT2D eigenvalue weighted by atomic mass is 35.5. The fraction of sp³-hybridized carbons (Fsp3) is 0.222. The average molecular weight is 379 g/mol. The lowest BCUT2D eigenvalue weighted by molar-refractivity contribution is 0.0976. The van der Waals surface area contributed by atoms with Gasteiger partial charge in [0.2, 0.25) is 0 Å². The minimum Gasteiger partial charge on any atom is -0.493 e. The molecule has 0 radical (unpaired) electrons. The van der Waals surface area contributed by atoms with Crippen LogP contribution in [0.4, 0.5) is 0 Å². The third kappa shape index (κ3) is 5.08. The standard InChI is InChI=1S/C18H19ClN2O3S/c1-11-4-6-12(7-5-11)17(22)21-18(25)20-10-13-8-15(23-2)16(24-3)9-14(13)19/h4-9H,10H2,1-3H3,(H2,20,21,22,25). The lowest BCUT2D eigenvalue weighted by Gasteiger charge is -2.13. The summed E-state index contributed by atoms with van der Waals surface area (Å²) < 4.78 is 10.5. The molecule has 0 unspecified atom stereocenters. The van der Waals surface area contributed by atoms with Gasteiger partial charge in [0.05, 0.1) is 14.2 Å². The van der Waals surface area contributed by atoms with Gasteiger partial charge in [0.1, 0.15) is 0 Å². The van der Waals surface area contributed by atoms with Crippen LogP contribution in [0, 0.1) is 6.92 Å². The van der Waals surface area contributed by atoms with Crippen molar-refractivity contribution in [3.8, 4) is 11.5 Å². The van der Waals surface area contributed by atoms with Crippen LogP contribution >= 0.6 is 23.8 Å². The Labute approximate surface area is 157 Å². The molecule has 0 bridgehead atoms. The largest absolute Gasteiger partial charge is 0.493 e. The van der Waals surface area contributed by atoms with Crippen LogP contribution in [0.2, 0.25) is 5.02 Å². The van der Waals surface area contributed by atoms with E-state index in [9.17, 15) is 4.79 Å². The molecule has 0 fully saturated rings. The molecule has 0 heterocycles. The summed E-state index contributed by atoms with van der Waals surface area (Å²) >= 11 is 11.4. The van der Waals surface area contributed by atoms with Gasteiger partial charge in [-0.3, -0.25) is 10.1 Å². The molecule has 2 N–H and O–H groups in total. The fourth-order valence-electron chi connectivity index (χ4n) is 2.13. The van der Waals surface area contributed by atoms with Crippen LogP contribution in [-0.2, 0) is 6.54 Å². The van der Waals surface area contributed by atoms with E-state index >= 15 is 0 Å². The van der Waals surface area contributed by atoms with Crippen LogP contribution in [0.1, 0.15) is 21.5 Å². The summed E-state index contributed by atoms with van der Waals surface area (Å²) in [6, 6.07) is 10.7. The molecule has 0 aromatic heterocycles. The van der Waals surface area contributed by atoms with Crippen molar-refractivity contribution in [3.05, 3.63) is 58.1 Å². The van der Waals surface area contributed by atoms with Gasteiger partial charge < -0.3 is 14.8 Å². The molecule has 0 aliphatic heterocycles. The zero-order valence-electron chi connectivity index (χ0n) is 14.2. The second kappa shape index (κ2) is 8.69. The van der Waals surface area contributed by atoms with Crippen molar-refractivity contribution >= 4 is 34.8 Å². The van der Waals surface area contributed by atoms with E-state index in [2.05, 4.69) is 10.6 Å². The topological polar surface area (TPSA) is 59.6 Å². The van der Waals surface area contributed by atoms with Gasteiger partial charge in [-0.1, -0.05) is 29.3 Å². The van der Waals surface area contributed by atoms with E-state index in [1.165, 1.54) is 0 Å². The van der Waals surface area contributed by atoms with E-state index in [1.54, 1.807) is 38.5 Å². The minimum absolute atomic E-state index is 0.219. The Kier molecular flexibility index (Phi) is 6.61. The molecule has 0 spiro atoms. The van der Waals surface area contributed by atoms with Gasteiger partial charge in [0, 0.05) is 23.2 Å². The first kappa shape index (κ1) is 19.0. The number of aryl methyl sites for hydroxylation is 1. The molecule has 2 aromatic rings. The number of ether oxygens (including phenoxy) is 2. The molecule has 0 saturated heterocycles. The third-order valence-corrected chi connectivity index (χ3v) is 4.13. The van der Waals surface area contributed by atoms with E-state index in [0.717, 1.165) is 11.1 Å². The van der Waals surface area contributed by atoms with Gasteiger partial charge in [0.25, 0.3) is 5.91 Å². The predicted octanol–water partition coefficient (Wildman–Crippen LogP) is 3.47. The highest BCUT2D eigenvalue weighted by Crippen LogP contribution is 2.32. The van der Waals surface area contributed by atoms with E-state index in [0.29, 0.717) is 28.6 Å². The first-order valence-corrected chi connectivity index (χ1v) is 8.29. The van der Waals surface area contributed by atoms with Crippen LogP contribution in [0.15, 0.2) is 36.4 Å². The molecule has 0 saturated carbocycles. The van der Waals surface area contributed by atoms with E-state index in [4.69, 9.17) is 33.3 Å². The Balaban J connectivity index is 1.98. The summed E-state index contributed by atoms with van der Waals surface area (Å²) in [5, 5.41) is 6.33. The summed E-state index contributed by atoms with van der Waals surface area (Å²) in [4.78, 5) is 12.1. The van der Waals surface area contributed by atoms with E-state index < -0.39 is 0 Å². The Morgan fingerprint density at radius 1 is 1.12 bits per heavy atom. The Bertz CT molecular complexity index is 779.